The normalized spacial score (nSPS) is 12.7. The second-order valence-corrected chi connectivity index (χ2v) is 8.73. The topological polar surface area (TPSA) is 118 Å². The standard InChI is InChI=1S/C13H23N3O4S2.ClH/c1-4-13(14,5-2)10-16-22(19,20)12-8-6-11(7-9-12)21(17,18)15-3;/h6-9,15-16H,4-5,10,14H2,1-3H3;1H. The van der Waals surface area contributed by atoms with Crippen LogP contribution in [0.1, 0.15) is 26.7 Å². The predicted molar refractivity (Wildman–Crippen MR) is 92.6 cm³/mol. The van der Waals surface area contributed by atoms with Crippen LogP contribution in [0.3, 0.4) is 0 Å². The lowest BCUT2D eigenvalue weighted by atomic mass is 9.95. The first kappa shape index (κ1) is 22.3. The predicted octanol–water partition coefficient (Wildman–Crippen LogP) is 0.812. The van der Waals surface area contributed by atoms with Crippen molar-refractivity contribution in [3.05, 3.63) is 24.3 Å². The van der Waals surface area contributed by atoms with Crippen molar-refractivity contribution in [3.63, 3.8) is 0 Å². The Labute approximate surface area is 144 Å². The number of nitrogens with two attached hydrogens (primary N) is 1. The van der Waals surface area contributed by atoms with Crippen molar-refractivity contribution >= 4 is 32.5 Å². The first-order chi connectivity index (χ1) is 10.1. The van der Waals surface area contributed by atoms with E-state index in [1.807, 2.05) is 13.8 Å². The Morgan fingerprint density at radius 1 is 0.957 bits per heavy atom. The van der Waals surface area contributed by atoms with E-state index in [1.165, 1.54) is 31.3 Å². The number of benzene rings is 1. The Hall–Kier alpha value is -0.710. The van der Waals surface area contributed by atoms with Gasteiger partial charge in [-0.1, -0.05) is 13.8 Å². The van der Waals surface area contributed by atoms with Crippen molar-refractivity contribution in [2.45, 2.75) is 42.0 Å². The quantitative estimate of drug-likeness (QED) is 0.612. The van der Waals surface area contributed by atoms with Crippen LogP contribution in [0.5, 0.6) is 0 Å². The molecule has 0 spiro atoms. The van der Waals surface area contributed by atoms with Crippen LogP contribution in [0.2, 0.25) is 0 Å². The van der Waals surface area contributed by atoms with Gasteiger partial charge in [0.15, 0.2) is 0 Å². The number of hydrogen-bond acceptors (Lipinski definition) is 5. The minimum absolute atomic E-state index is 0. The number of sulfonamides is 2. The van der Waals surface area contributed by atoms with Crippen molar-refractivity contribution < 1.29 is 16.8 Å². The molecule has 7 nitrogen and oxygen atoms in total. The summed E-state index contributed by atoms with van der Waals surface area (Å²) in [6.45, 7) is 3.92. The van der Waals surface area contributed by atoms with Crippen molar-refractivity contribution in [1.29, 1.82) is 0 Å². The van der Waals surface area contributed by atoms with Crippen LogP contribution in [0.15, 0.2) is 34.1 Å². The van der Waals surface area contributed by atoms with E-state index in [0.717, 1.165) is 0 Å². The summed E-state index contributed by atoms with van der Waals surface area (Å²) in [5, 5.41) is 0. The SMILES string of the molecule is CCC(N)(CC)CNS(=O)(=O)c1ccc(S(=O)(=O)NC)cc1.Cl. The molecular weight excluding hydrogens is 362 g/mol. The van der Waals surface area contributed by atoms with Crippen LogP contribution >= 0.6 is 12.4 Å². The smallest absolute Gasteiger partial charge is 0.240 e. The molecule has 0 fully saturated rings. The Bertz CT molecular complexity index is 699. The molecule has 0 aliphatic heterocycles. The minimum atomic E-state index is -3.73. The van der Waals surface area contributed by atoms with Gasteiger partial charge in [0.05, 0.1) is 9.79 Å². The summed E-state index contributed by atoms with van der Waals surface area (Å²) in [4.78, 5) is 0.00125. The van der Waals surface area contributed by atoms with E-state index >= 15 is 0 Å². The van der Waals surface area contributed by atoms with E-state index in [9.17, 15) is 16.8 Å². The maximum atomic E-state index is 12.2. The van der Waals surface area contributed by atoms with E-state index in [0.29, 0.717) is 12.8 Å². The highest BCUT2D eigenvalue weighted by atomic mass is 35.5. The van der Waals surface area contributed by atoms with Gasteiger partial charge in [-0.3, -0.25) is 0 Å². The number of nitrogens with one attached hydrogen (secondary N) is 2. The molecule has 0 aliphatic rings. The molecule has 0 unspecified atom stereocenters. The summed E-state index contributed by atoms with van der Waals surface area (Å²) in [6.07, 6.45) is 1.29. The third-order valence-electron chi connectivity index (χ3n) is 3.74. The lowest BCUT2D eigenvalue weighted by molar-refractivity contribution is 0.392. The Balaban J connectivity index is 0.00000484. The number of hydrogen-bond donors (Lipinski definition) is 3. The molecule has 0 saturated carbocycles. The highest BCUT2D eigenvalue weighted by Gasteiger charge is 2.24. The van der Waals surface area contributed by atoms with Crippen LogP contribution in [0.4, 0.5) is 0 Å². The fraction of sp³-hybridized carbons (Fsp3) is 0.538. The number of rotatable bonds is 8. The molecule has 10 heteroatoms. The van der Waals surface area contributed by atoms with Crippen molar-refractivity contribution in [2.24, 2.45) is 5.73 Å². The van der Waals surface area contributed by atoms with E-state index in [2.05, 4.69) is 9.44 Å². The maximum Gasteiger partial charge on any atom is 0.240 e. The first-order valence-electron chi connectivity index (χ1n) is 6.92. The van der Waals surface area contributed by atoms with Crippen LogP contribution in [0.25, 0.3) is 0 Å². The molecule has 0 amide bonds. The molecule has 1 rings (SSSR count). The van der Waals surface area contributed by atoms with Gasteiger partial charge in [0.1, 0.15) is 0 Å². The van der Waals surface area contributed by atoms with Gasteiger partial charge >= 0.3 is 0 Å². The third-order valence-corrected chi connectivity index (χ3v) is 6.58. The molecular formula is C13H24ClN3O4S2. The third kappa shape index (κ3) is 5.70. The Morgan fingerprint density at radius 3 is 1.70 bits per heavy atom. The molecule has 0 saturated heterocycles. The Morgan fingerprint density at radius 2 is 1.35 bits per heavy atom. The van der Waals surface area contributed by atoms with Crippen molar-refractivity contribution in [2.75, 3.05) is 13.6 Å². The van der Waals surface area contributed by atoms with E-state index in [-0.39, 0.29) is 28.7 Å². The molecule has 1 aromatic rings. The minimum Gasteiger partial charge on any atom is -0.324 e. The van der Waals surface area contributed by atoms with E-state index < -0.39 is 25.6 Å². The number of halogens is 1. The molecule has 1 aromatic carbocycles. The zero-order valence-corrected chi connectivity index (χ0v) is 15.8. The lowest BCUT2D eigenvalue weighted by Crippen LogP contribution is -2.49. The first-order valence-corrected chi connectivity index (χ1v) is 9.89. The average Bonchev–Trinajstić information content (AvgIpc) is 2.53. The monoisotopic (exact) mass is 385 g/mol. The second kappa shape index (κ2) is 8.41. The van der Waals surface area contributed by atoms with Gasteiger partial charge in [-0.15, -0.1) is 12.4 Å². The summed E-state index contributed by atoms with van der Waals surface area (Å²) in [5.74, 6) is 0. The Kier molecular flexibility index (Phi) is 8.15. The van der Waals surface area contributed by atoms with Gasteiger partial charge in [0.25, 0.3) is 0 Å². The largest absolute Gasteiger partial charge is 0.324 e. The molecule has 0 bridgehead atoms. The van der Waals surface area contributed by atoms with Gasteiger partial charge in [0, 0.05) is 12.1 Å². The molecule has 0 radical (unpaired) electrons. The summed E-state index contributed by atoms with van der Waals surface area (Å²) in [7, 11) is -6.03. The second-order valence-electron chi connectivity index (χ2n) is 5.07. The van der Waals surface area contributed by atoms with Gasteiger partial charge in [-0.05, 0) is 44.2 Å². The highest BCUT2D eigenvalue weighted by molar-refractivity contribution is 7.90. The lowest BCUT2D eigenvalue weighted by Gasteiger charge is -2.26. The van der Waals surface area contributed by atoms with E-state index in [1.54, 1.807) is 0 Å². The van der Waals surface area contributed by atoms with Crippen molar-refractivity contribution in [1.82, 2.24) is 9.44 Å². The summed E-state index contributed by atoms with van der Waals surface area (Å²) < 4.78 is 52.3. The zero-order chi connectivity index (χ0) is 17.0. The highest BCUT2D eigenvalue weighted by Crippen LogP contribution is 2.16. The average molecular weight is 386 g/mol. The molecule has 4 N–H and O–H groups in total. The molecule has 23 heavy (non-hydrogen) atoms. The summed E-state index contributed by atoms with van der Waals surface area (Å²) >= 11 is 0. The fourth-order valence-electron chi connectivity index (χ4n) is 1.74. The molecule has 0 aromatic heterocycles. The maximum absolute atomic E-state index is 12.2. The van der Waals surface area contributed by atoms with Crippen LogP contribution in [-0.2, 0) is 20.0 Å². The molecule has 0 heterocycles. The molecule has 134 valence electrons. The van der Waals surface area contributed by atoms with E-state index in [4.69, 9.17) is 5.73 Å². The van der Waals surface area contributed by atoms with Gasteiger partial charge in [-0.2, -0.15) is 0 Å². The summed E-state index contributed by atoms with van der Waals surface area (Å²) in [5.41, 5.74) is 5.47. The van der Waals surface area contributed by atoms with Crippen LogP contribution in [0, 0.1) is 0 Å². The van der Waals surface area contributed by atoms with Crippen LogP contribution in [-0.4, -0.2) is 36.0 Å². The molecule has 0 atom stereocenters. The van der Waals surface area contributed by atoms with Gasteiger partial charge in [0.2, 0.25) is 20.0 Å². The van der Waals surface area contributed by atoms with Gasteiger partial charge in [-0.25, -0.2) is 26.3 Å². The van der Waals surface area contributed by atoms with Gasteiger partial charge < -0.3 is 5.73 Å². The zero-order valence-electron chi connectivity index (χ0n) is 13.4. The van der Waals surface area contributed by atoms with Crippen LogP contribution < -0.4 is 15.2 Å². The fourth-order valence-corrected chi connectivity index (χ4v) is 3.61. The summed E-state index contributed by atoms with van der Waals surface area (Å²) in [6, 6.07) is 5.00. The molecule has 0 aliphatic carbocycles. The van der Waals surface area contributed by atoms with Crippen molar-refractivity contribution in [3.8, 4) is 0 Å².